The standard InChI is InChI=1S/C13H28N2O4/c1-5-18-7-6-13(3,4)19-9-11(16)8-15-10(2)12(14)17/h10-11,15-16H,5-9H2,1-4H3,(H2,14,17). The normalized spacial score (nSPS) is 15.2. The molecule has 1 amide bonds. The van der Waals surface area contributed by atoms with E-state index in [0.29, 0.717) is 13.2 Å². The Bertz CT molecular complexity index is 259. The number of ether oxygens (including phenoxy) is 2. The van der Waals surface area contributed by atoms with Crippen molar-refractivity contribution in [3.05, 3.63) is 0 Å². The highest BCUT2D eigenvalue weighted by molar-refractivity contribution is 5.79. The molecule has 0 spiro atoms. The summed E-state index contributed by atoms with van der Waals surface area (Å²) in [4.78, 5) is 10.8. The van der Waals surface area contributed by atoms with E-state index in [1.54, 1.807) is 6.92 Å². The van der Waals surface area contributed by atoms with Crippen molar-refractivity contribution < 1.29 is 19.4 Å². The summed E-state index contributed by atoms with van der Waals surface area (Å²) in [5.41, 5.74) is 4.76. The number of aliphatic hydroxyl groups is 1. The van der Waals surface area contributed by atoms with Crippen LogP contribution in [0.2, 0.25) is 0 Å². The zero-order valence-corrected chi connectivity index (χ0v) is 12.4. The average molecular weight is 276 g/mol. The molecule has 2 atom stereocenters. The van der Waals surface area contributed by atoms with Crippen molar-refractivity contribution in [1.29, 1.82) is 0 Å². The summed E-state index contributed by atoms with van der Waals surface area (Å²) in [6.45, 7) is 9.31. The molecule has 0 aliphatic rings. The maximum absolute atomic E-state index is 10.8. The van der Waals surface area contributed by atoms with E-state index < -0.39 is 18.1 Å². The number of aliphatic hydroxyl groups excluding tert-OH is 1. The van der Waals surface area contributed by atoms with Gasteiger partial charge in [-0.1, -0.05) is 0 Å². The monoisotopic (exact) mass is 276 g/mol. The van der Waals surface area contributed by atoms with Crippen LogP contribution in [0.1, 0.15) is 34.1 Å². The lowest BCUT2D eigenvalue weighted by atomic mass is 10.1. The van der Waals surface area contributed by atoms with Crippen LogP contribution >= 0.6 is 0 Å². The molecule has 0 saturated carbocycles. The molecule has 0 rings (SSSR count). The minimum atomic E-state index is -0.673. The Hall–Kier alpha value is -0.690. The molecule has 0 aromatic heterocycles. The van der Waals surface area contributed by atoms with E-state index in [-0.39, 0.29) is 18.8 Å². The Morgan fingerprint density at radius 2 is 2.11 bits per heavy atom. The van der Waals surface area contributed by atoms with Gasteiger partial charge in [0.15, 0.2) is 0 Å². The molecular formula is C13H28N2O4. The van der Waals surface area contributed by atoms with Crippen molar-refractivity contribution >= 4 is 5.91 Å². The molecule has 0 aromatic rings. The first-order valence-electron chi connectivity index (χ1n) is 6.71. The number of hydrogen-bond donors (Lipinski definition) is 3. The van der Waals surface area contributed by atoms with Crippen LogP contribution in [-0.2, 0) is 14.3 Å². The highest BCUT2D eigenvalue weighted by Crippen LogP contribution is 2.14. The Morgan fingerprint density at radius 3 is 2.63 bits per heavy atom. The maximum atomic E-state index is 10.8. The van der Waals surface area contributed by atoms with Gasteiger partial charge in [0.25, 0.3) is 0 Å². The second-order valence-electron chi connectivity index (χ2n) is 5.20. The fourth-order valence-corrected chi connectivity index (χ4v) is 1.33. The van der Waals surface area contributed by atoms with Gasteiger partial charge in [-0.25, -0.2) is 0 Å². The number of primary amides is 1. The molecule has 19 heavy (non-hydrogen) atoms. The van der Waals surface area contributed by atoms with Gasteiger partial charge in [0.05, 0.1) is 24.4 Å². The third-order valence-corrected chi connectivity index (χ3v) is 2.81. The lowest BCUT2D eigenvalue weighted by molar-refractivity contribution is -0.119. The van der Waals surface area contributed by atoms with E-state index in [1.165, 1.54) is 0 Å². The van der Waals surface area contributed by atoms with Crippen LogP contribution in [0.4, 0.5) is 0 Å². The lowest BCUT2D eigenvalue weighted by Gasteiger charge is -2.27. The van der Waals surface area contributed by atoms with Crippen LogP contribution < -0.4 is 11.1 Å². The van der Waals surface area contributed by atoms with Crippen molar-refractivity contribution in [3.63, 3.8) is 0 Å². The van der Waals surface area contributed by atoms with Gasteiger partial charge in [0.1, 0.15) is 0 Å². The SMILES string of the molecule is CCOCCC(C)(C)OCC(O)CNC(C)C(N)=O. The molecule has 0 radical (unpaired) electrons. The van der Waals surface area contributed by atoms with Gasteiger partial charge in [0.2, 0.25) is 5.91 Å². The third-order valence-electron chi connectivity index (χ3n) is 2.81. The molecule has 6 heteroatoms. The van der Waals surface area contributed by atoms with E-state index in [2.05, 4.69) is 5.32 Å². The first-order chi connectivity index (χ1) is 8.78. The molecule has 0 heterocycles. The second-order valence-corrected chi connectivity index (χ2v) is 5.20. The first-order valence-corrected chi connectivity index (χ1v) is 6.71. The summed E-state index contributed by atoms with van der Waals surface area (Å²) >= 11 is 0. The predicted molar refractivity (Wildman–Crippen MR) is 73.8 cm³/mol. The Balaban J connectivity index is 3.81. The van der Waals surface area contributed by atoms with Crippen molar-refractivity contribution in [1.82, 2.24) is 5.32 Å². The van der Waals surface area contributed by atoms with Gasteiger partial charge in [-0.3, -0.25) is 4.79 Å². The highest BCUT2D eigenvalue weighted by Gasteiger charge is 2.20. The Morgan fingerprint density at radius 1 is 1.47 bits per heavy atom. The molecule has 0 saturated heterocycles. The summed E-state index contributed by atoms with van der Waals surface area (Å²) in [7, 11) is 0. The van der Waals surface area contributed by atoms with E-state index in [0.717, 1.165) is 6.42 Å². The first kappa shape index (κ1) is 18.3. The van der Waals surface area contributed by atoms with Gasteiger partial charge >= 0.3 is 0 Å². The predicted octanol–water partition coefficient (Wildman–Crippen LogP) is 0.0325. The number of carbonyl (C=O) groups is 1. The number of rotatable bonds is 11. The largest absolute Gasteiger partial charge is 0.389 e. The second kappa shape index (κ2) is 9.25. The molecule has 6 nitrogen and oxygen atoms in total. The maximum Gasteiger partial charge on any atom is 0.234 e. The summed E-state index contributed by atoms with van der Waals surface area (Å²) in [5, 5.41) is 12.6. The van der Waals surface area contributed by atoms with Crippen molar-refractivity contribution in [2.45, 2.75) is 51.9 Å². The average Bonchev–Trinajstić information content (AvgIpc) is 2.33. The zero-order valence-electron chi connectivity index (χ0n) is 12.4. The van der Waals surface area contributed by atoms with E-state index in [4.69, 9.17) is 15.2 Å². The van der Waals surface area contributed by atoms with E-state index in [1.807, 2.05) is 20.8 Å². The number of hydrogen-bond acceptors (Lipinski definition) is 5. The molecule has 4 N–H and O–H groups in total. The van der Waals surface area contributed by atoms with Gasteiger partial charge < -0.3 is 25.6 Å². The van der Waals surface area contributed by atoms with Crippen molar-refractivity contribution in [3.8, 4) is 0 Å². The highest BCUT2D eigenvalue weighted by atomic mass is 16.5. The van der Waals surface area contributed by atoms with Crippen LogP contribution in [0.5, 0.6) is 0 Å². The Kier molecular flexibility index (Phi) is 8.92. The molecular weight excluding hydrogens is 248 g/mol. The topological polar surface area (TPSA) is 93.8 Å². The Labute approximate surface area is 115 Å². The van der Waals surface area contributed by atoms with Crippen LogP contribution in [0.3, 0.4) is 0 Å². The summed E-state index contributed by atoms with van der Waals surface area (Å²) in [6, 6.07) is -0.458. The summed E-state index contributed by atoms with van der Waals surface area (Å²) < 4.78 is 10.9. The number of carbonyl (C=O) groups excluding carboxylic acids is 1. The van der Waals surface area contributed by atoms with Crippen molar-refractivity contribution in [2.75, 3.05) is 26.4 Å². The van der Waals surface area contributed by atoms with Gasteiger partial charge in [-0.2, -0.15) is 0 Å². The molecule has 0 fully saturated rings. The van der Waals surface area contributed by atoms with Crippen LogP contribution in [0, 0.1) is 0 Å². The smallest absolute Gasteiger partial charge is 0.234 e. The van der Waals surface area contributed by atoms with Crippen molar-refractivity contribution in [2.24, 2.45) is 5.73 Å². The molecule has 2 unspecified atom stereocenters. The third kappa shape index (κ3) is 9.84. The fourth-order valence-electron chi connectivity index (χ4n) is 1.33. The molecule has 0 aliphatic carbocycles. The van der Waals surface area contributed by atoms with Gasteiger partial charge in [-0.15, -0.1) is 0 Å². The number of nitrogens with two attached hydrogens (primary N) is 1. The summed E-state index contributed by atoms with van der Waals surface area (Å²) in [5.74, 6) is -0.440. The fraction of sp³-hybridized carbons (Fsp3) is 0.923. The number of nitrogens with one attached hydrogen (secondary N) is 1. The minimum Gasteiger partial charge on any atom is -0.389 e. The zero-order chi connectivity index (χ0) is 14.9. The quantitative estimate of drug-likeness (QED) is 0.463. The van der Waals surface area contributed by atoms with Crippen LogP contribution in [0.25, 0.3) is 0 Å². The van der Waals surface area contributed by atoms with Crippen LogP contribution in [-0.4, -0.2) is 55.1 Å². The van der Waals surface area contributed by atoms with Gasteiger partial charge in [-0.05, 0) is 34.1 Å². The minimum absolute atomic E-state index is 0.206. The van der Waals surface area contributed by atoms with E-state index >= 15 is 0 Å². The van der Waals surface area contributed by atoms with Crippen LogP contribution in [0.15, 0.2) is 0 Å². The molecule has 0 aliphatic heterocycles. The van der Waals surface area contributed by atoms with E-state index in [9.17, 15) is 9.90 Å². The molecule has 0 aromatic carbocycles. The summed E-state index contributed by atoms with van der Waals surface area (Å²) in [6.07, 6.45) is 0.0896. The lowest BCUT2D eigenvalue weighted by Crippen LogP contribution is -2.44. The molecule has 0 bridgehead atoms. The number of amides is 1. The molecule has 114 valence electrons. The van der Waals surface area contributed by atoms with Gasteiger partial charge in [0, 0.05) is 19.8 Å².